The first-order valence-corrected chi connectivity index (χ1v) is 10.9. The molecule has 32 heavy (non-hydrogen) atoms. The van der Waals surface area contributed by atoms with E-state index in [1.165, 1.54) is 0 Å². The molecular weight excluding hydrogens is 396 g/mol. The summed E-state index contributed by atoms with van der Waals surface area (Å²) >= 11 is 0. The van der Waals surface area contributed by atoms with Crippen molar-refractivity contribution in [2.24, 2.45) is 5.92 Å². The molecule has 4 nitrogen and oxygen atoms in total. The lowest BCUT2D eigenvalue weighted by Gasteiger charge is -2.19. The van der Waals surface area contributed by atoms with Crippen LogP contribution in [-0.2, 0) is 4.79 Å². The van der Waals surface area contributed by atoms with E-state index >= 15 is 0 Å². The lowest BCUT2D eigenvalue weighted by molar-refractivity contribution is -0.140. The Morgan fingerprint density at radius 1 is 0.906 bits per heavy atom. The molecule has 0 amide bonds. The minimum absolute atomic E-state index is 0.335. The third kappa shape index (κ3) is 4.12. The van der Waals surface area contributed by atoms with Crippen LogP contribution in [0, 0.1) is 5.92 Å². The summed E-state index contributed by atoms with van der Waals surface area (Å²) < 4.78 is 0. The van der Waals surface area contributed by atoms with E-state index in [1.807, 2.05) is 36.4 Å². The standard InChI is InChI=1S/C28H24N2O2/c31-28(32)23-15-16-30(19-23)27-18-24(22-9-5-2-6-10-22)25-17-21(13-14-26(25)29-27)12-11-20-7-3-1-4-8-20/h1-14,17-18,23H,15-16,19H2,(H,31,32)/b12-11+. The topological polar surface area (TPSA) is 53.4 Å². The summed E-state index contributed by atoms with van der Waals surface area (Å²) in [6.45, 7) is 1.21. The van der Waals surface area contributed by atoms with Crippen molar-refractivity contribution in [3.63, 3.8) is 0 Å². The lowest BCUT2D eigenvalue weighted by atomic mass is 9.99. The number of hydrogen-bond acceptors (Lipinski definition) is 3. The van der Waals surface area contributed by atoms with Crippen molar-refractivity contribution in [2.45, 2.75) is 6.42 Å². The molecule has 1 N–H and O–H groups in total. The summed E-state index contributed by atoms with van der Waals surface area (Å²) in [5.74, 6) is -0.225. The highest BCUT2D eigenvalue weighted by atomic mass is 16.4. The van der Waals surface area contributed by atoms with Gasteiger partial charge in [-0.3, -0.25) is 4.79 Å². The molecule has 1 aliphatic heterocycles. The first-order valence-electron chi connectivity index (χ1n) is 10.9. The molecule has 1 atom stereocenters. The van der Waals surface area contributed by atoms with Crippen LogP contribution >= 0.6 is 0 Å². The number of hydrogen-bond donors (Lipinski definition) is 1. The first kappa shape index (κ1) is 20.0. The van der Waals surface area contributed by atoms with Gasteiger partial charge in [0, 0.05) is 18.5 Å². The predicted molar refractivity (Wildman–Crippen MR) is 131 cm³/mol. The summed E-state index contributed by atoms with van der Waals surface area (Å²) in [5.41, 5.74) is 5.42. The van der Waals surface area contributed by atoms with Crippen molar-refractivity contribution in [1.29, 1.82) is 0 Å². The number of benzene rings is 3. The van der Waals surface area contributed by atoms with Crippen LogP contribution in [0.2, 0.25) is 0 Å². The Balaban J connectivity index is 1.58. The van der Waals surface area contributed by atoms with Gasteiger partial charge in [-0.25, -0.2) is 4.98 Å². The normalized spacial score (nSPS) is 16.1. The fraction of sp³-hybridized carbons (Fsp3) is 0.143. The van der Waals surface area contributed by atoms with E-state index in [0.717, 1.165) is 39.0 Å². The molecule has 1 fully saturated rings. The zero-order valence-electron chi connectivity index (χ0n) is 17.7. The third-order valence-electron chi connectivity index (χ3n) is 6.03. The molecule has 2 heterocycles. The maximum Gasteiger partial charge on any atom is 0.308 e. The second-order valence-corrected chi connectivity index (χ2v) is 8.18. The van der Waals surface area contributed by atoms with Crippen LogP contribution < -0.4 is 4.90 Å². The molecule has 0 bridgehead atoms. The zero-order chi connectivity index (χ0) is 21.9. The lowest BCUT2D eigenvalue weighted by Crippen LogP contribution is -2.23. The Labute approximate surface area is 187 Å². The highest BCUT2D eigenvalue weighted by Crippen LogP contribution is 2.34. The van der Waals surface area contributed by atoms with Gasteiger partial charge >= 0.3 is 5.97 Å². The number of aromatic nitrogens is 1. The first-order chi connectivity index (χ1) is 15.7. The van der Waals surface area contributed by atoms with E-state index in [9.17, 15) is 9.90 Å². The van der Waals surface area contributed by atoms with Crippen LogP contribution in [0.25, 0.3) is 34.2 Å². The third-order valence-corrected chi connectivity index (χ3v) is 6.03. The molecule has 5 rings (SSSR count). The molecule has 1 unspecified atom stereocenters. The van der Waals surface area contributed by atoms with Crippen LogP contribution in [-0.4, -0.2) is 29.1 Å². The largest absolute Gasteiger partial charge is 0.481 e. The van der Waals surface area contributed by atoms with Crippen LogP contribution in [0.4, 0.5) is 5.82 Å². The summed E-state index contributed by atoms with van der Waals surface area (Å²) in [4.78, 5) is 18.4. The van der Waals surface area contributed by atoms with Gasteiger partial charge in [-0.05, 0) is 46.9 Å². The van der Waals surface area contributed by atoms with E-state index in [1.54, 1.807) is 0 Å². The number of carboxylic acids is 1. The van der Waals surface area contributed by atoms with Crippen LogP contribution in [0.15, 0.2) is 84.9 Å². The fourth-order valence-electron chi connectivity index (χ4n) is 4.28. The van der Waals surface area contributed by atoms with E-state index < -0.39 is 5.97 Å². The summed E-state index contributed by atoms with van der Waals surface area (Å²) in [6.07, 6.45) is 4.88. The molecule has 0 aliphatic carbocycles. The molecule has 3 aromatic carbocycles. The van der Waals surface area contributed by atoms with Crippen molar-refractivity contribution in [2.75, 3.05) is 18.0 Å². The average Bonchev–Trinajstić information content (AvgIpc) is 3.34. The molecule has 1 aliphatic rings. The number of aliphatic carboxylic acids is 1. The van der Waals surface area contributed by atoms with Crippen molar-refractivity contribution < 1.29 is 9.90 Å². The Bertz CT molecular complexity index is 1280. The highest BCUT2D eigenvalue weighted by molar-refractivity contribution is 5.97. The van der Waals surface area contributed by atoms with E-state index in [2.05, 4.69) is 65.6 Å². The Morgan fingerprint density at radius 2 is 1.62 bits per heavy atom. The maximum atomic E-state index is 11.4. The molecule has 4 aromatic rings. The smallest absolute Gasteiger partial charge is 0.308 e. The van der Waals surface area contributed by atoms with Gasteiger partial charge in [0.15, 0.2) is 0 Å². The predicted octanol–water partition coefficient (Wildman–Crippen LogP) is 5.98. The molecule has 158 valence electrons. The summed E-state index contributed by atoms with van der Waals surface area (Å²) in [6, 6.07) is 29.0. The maximum absolute atomic E-state index is 11.4. The van der Waals surface area contributed by atoms with Crippen LogP contribution in [0.3, 0.4) is 0 Å². The van der Waals surface area contributed by atoms with Gasteiger partial charge in [-0.1, -0.05) is 78.9 Å². The van der Waals surface area contributed by atoms with Crippen LogP contribution in [0.1, 0.15) is 17.5 Å². The molecule has 0 saturated carbocycles. The van der Waals surface area contributed by atoms with Gasteiger partial charge in [-0.2, -0.15) is 0 Å². The van der Waals surface area contributed by atoms with Gasteiger partial charge in [-0.15, -0.1) is 0 Å². The van der Waals surface area contributed by atoms with Crippen molar-refractivity contribution in [3.05, 3.63) is 96.1 Å². The molecule has 1 saturated heterocycles. The summed E-state index contributed by atoms with van der Waals surface area (Å²) in [5, 5.41) is 10.5. The molecule has 4 heteroatoms. The average molecular weight is 421 g/mol. The monoisotopic (exact) mass is 420 g/mol. The number of fused-ring (bicyclic) bond motifs is 1. The highest BCUT2D eigenvalue weighted by Gasteiger charge is 2.29. The Morgan fingerprint density at radius 3 is 2.34 bits per heavy atom. The molecule has 0 spiro atoms. The fourth-order valence-corrected chi connectivity index (χ4v) is 4.28. The van der Waals surface area contributed by atoms with Crippen LogP contribution in [0.5, 0.6) is 0 Å². The van der Waals surface area contributed by atoms with Gasteiger partial charge in [0.2, 0.25) is 0 Å². The van der Waals surface area contributed by atoms with Crippen molar-refractivity contribution >= 4 is 34.8 Å². The minimum Gasteiger partial charge on any atom is -0.481 e. The van der Waals surface area contributed by atoms with Gasteiger partial charge in [0.05, 0.1) is 11.4 Å². The minimum atomic E-state index is -0.730. The van der Waals surface area contributed by atoms with E-state index in [0.29, 0.717) is 19.5 Å². The molecule has 1 aromatic heterocycles. The van der Waals surface area contributed by atoms with Crippen molar-refractivity contribution in [3.8, 4) is 11.1 Å². The number of carbonyl (C=O) groups is 1. The Kier molecular flexibility index (Phi) is 5.42. The van der Waals surface area contributed by atoms with E-state index in [4.69, 9.17) is 4.98 Å². The number of nitrogens with zero attached hydrogens (tertiary/aromatic N) is 2. The number of carboxylic acid groups (broad SMARTS) is 1. The molecular formula is C28H24N2O2. The van der Waals surface area contributed by atoms with Gasteiger partial charge in [0.25, 0.3) is 0 Å². The summed E-state index contributed by atoms with van der Waals surface area (Å²) in [7, 11) is 0. The quantitative estimate of drug-likeness (QED) is 0.403. The van der Waals surface area contributed by atoms with E-state index in [-0.39, 0.29) is 5.92 Å². The second kappa shape index (κ2) is 8.67. The van der Waals surface area contributed by atoms with Crippen molar-refractivity contribution in [1.82, 2.24) is 4.98 Å². The van der Waals surface area contributed by atoms with Gasteiger partial charge in [0.1, 0.15) is 5.82 Å². The SMILES string of the molecule is O=C(O)C1CCN(c2cc(-c3ccccc3)c3cc(/C=C/c4ccccc4)ccc3n2)C1. The van der Waals surface area contributed by atoms with Gasteiger partial charge < -0.3 is 10.0 Å². The zero-order valence-corrected chi connectivity index (χ0v) is 17.7. The number of pyridine rings is 1. The second-order valence-electron chi connectivity index (χ2n) is 8.18. The Hall–Kier alpha value is -3.92. The molecule has 0 radical (unpaired) electrons. The number of anilines is 1. The number of rotatable bonds is 5.